The van der Waals surface area contributed by atoms with Crippen molar-refractivity contribution >= 4 is 49.5 Å². The van der Waals surface area contributed by atoms with Crippen molar-refractivity contribution in [2.75, 3.05) is 5.32 Å². The lowest BCUT2D eigenvalue weighted by Crippen LogP contribution is -2.54. The van der Waals surface area contributed by atoms with E-state index in [4.69, 9.17) is 5.73 Å². The van der Waals surface area contributed by atoms with Crippen LogP contribution in [0.5, 0.6) is 0 Å². The largest absolute Gasteiger partial charge is 0.371 e. The fraction of sp³-hybridized carbons (Fsp3) is 0.286. The maximum Gasteiger partial charge on any atom is 0.243 e. The molecule has 4 rings (SSSR count). The zero-order valence-corrected chi connectivity index (χ0v) is 17.4. The quantitative estimate of drug-likeness (QED) is 0.628. The van der Waals surface area contributed by atoms with E-state index in [1.807, 2.05) is 24.3 Å². The molecule has 2 aromatic carbocycles. The molecule has 1 amide bonds. The number of fused-ring (bicyclic) bond motifs is 2. The number of nitrogens with two attached hydrogens (primary N) is 1. The second-order valence-electron chi connectivity index (χ2n) is 7.24. The van der Waals surface area contributed by atoms with E-state index in [0.717, 1.165) is 23.0 Å². The van der Waals surface area contributed by atoms with Crippen molar-refractivity contribution < 1.29 is 4.79 Å². The molecular weight excluding hydrogens is 456 g/mol. The molecule has 2 aromatic rings. The number of primary amides is 1. The Morgan fingerprint density at radius 3 is 2.42 bits per heavy atom. The highest BCUT2D eigenvalue weighted by Gasteiger charge is 2.50. The van der Waals surface area contributed by atoms with Gasteiger partial charge in [-0.25, -0.2) is 0 Å². The average molecular weight is 476 g/mol. The Bertz CT molecular complexity index is 898. The second kappa shape index (κ2) is 6.54. The predicted molar refractivity (Wildman–Crippen MR) is 113 cm³/mol. The first-order valence-electron chi connectivity index (χ1n) is 8.76. The van der Waals surface area contributed by atoms with Crippen LogP contribution < -0.4 is 11.1 Å². The van der Waals surface area contributed by atoms with Gasteiger partial charge in [-0.05, 0) is 61.1 Å². The summed E-state index contributed by atoms with van der Waals surface area (Å²) in [7, 11) is 0. The van der Waals surface area contributed by atoms with Crippen LogP contribution in [-0.2, 0) is 10.2 Å². The van der Waals surface area contributed by atoms with E-state index in [-0.39, 0.29) is 11.3 Å². The van der Waals surface area contributed by atoms with Gasteiger partial charge in [-0.2, -0.15) is 0 Å². The Labute approximate surface area is 170 Å². The number of nitrogens with one attached hydrogen (secondary N) is 1. The van der Waals surface area contributed by atoms with Gasteiger partial charge in [-0.3, -0.25) is 4.79 Å². The third-order valence-corrected chi connectivity index (χ3v) is 7.33. The highest BCUT2D eigenvalue weighted by Crippen LogP contribution is 2.55. The van der Waals surface area contributed by atoms with E-state index >= 15 is 0 Å². The van der Waals surface area contributed by atoms with Gasteiger partial charge in [0.1, 0.15) is 5.54 Å². The van der Waals surface area contributed by atoms with Gasteiger partial charge < -0.3 is 11.1 Å². The third-order valence-electron chi connectivity index (χ3n) is 5.85. The Morgan fingerprint density at radius 2 is 1.73 bits per heavy atom. The molecule has 5 heteroatoms. The molecular formula is C21H20Br2N2O. The first-order valence-corrected chi connectivity index (χ1v) is 10.3. The number of rotatable bonds is 3. The van der Waals surface area contributed by atoms with Crippen LogP contribution in [0, 0.1) is 0 Å². The van der Waals surface area contributed by atoms with Gasteiger partial charge in [0.05, 0.1) is 0 Å². The van der Waals surface area contributed by atoms with Gasteiger partial charge in [-0.15, -0.1) is 0 Å². The van der Waals surface area contributed by atoms with Crippen molar-refractivity contribution in [3.05, 3.63) is 68.6 Å². The molecule has 26 heavy (non-hydrogen) atoms. The van der Waals surface area contributed by atoms with Gasteiger partial charge in [0.25, 0.3) is 0 Å². The van der Waals surface area contributed by atoms with E-state index in [1.165, 1.54) is 15.6 Å². The van der Waals surface area contributed by atoms with E-state index in [2.05, 4.69) is 67.5 Å². The number of hydrogen-bond donors (Lipinski definition) is 2. The number of benzene rings is 2. The van der Waals surface area contributed by atoms with Gasteiger partial charge in [-0.1, -0.05) is 62.2 Å². The van der Waals surface area contributed by atoms with E-state index in [0.29, 0.717) is 12.8 Å². The molecule has 2 aliphatic rings. The second-order valence-corrected chi connectivity index (χ2v) is 9.01. The highest BCUT2D eigenvalue weighted by molar-refractivity contribution is 9.12. The topological polar surface area (TPSA) is 55.1 Å². The van der Waals surface area contributed by atoms with Gasteiger partial charge in [0.15, 0.2) is 0 Å². The minimum Gasteiger partial charge on any atom is -0.371 e. The summed E-state index contributed by atoms with van der Waals surface area (Å²) in [6.45, 7) is 0. The smallest absolute Gasteiger partial charge is 0.243 e. The summed E-state index contributed by atoms with van der Waals surface area (Å²) in [4.78, 5) is 12.4. The third kappa shape index (κ3) is 2.81. The molecule has 1 saturated carbocycles. The lowest BCUT2D eigenvalue weighted by molar-refractivity contribution is -0.123. The maximum absolute atomic E-state index is 12.4. The fourth-order valence-corrected chi connectivity index (χ4v) is 5.61. The molecule has 0 unspecified atom stereocenters. The van der Waals surface area contributed by atoms with Crippen LogP contribution in [0.1, 0.15) is 36.8 Å². The number of amides is 1. The standard InChI is InChI=1S/C21H20Br2N2O/c22-15-5-3-6-16(13-15)25-21(19(24)26)10-8-20(9-11-21)17-7-2-1-4-14(17)12-18(20)23/h1-7,12-13,25H,8-11H2,(H2,24,26). The SMILES string of the molecule is NC(=O)C1(Nc2cccc(Br)c2)CCC2(CC1)C(Br)=Cc1ccccc12. The first kappa shape index (κ1) is 17.8. The normalized spacial score (nSPS) is 27.1. The lowest BCUT2D eigenvalue weighted by atomic mass is 9.65. The molecule has 2 aliphatic carbocycles. The highest BCUT2D eigenvalue weighted by atomic mass is 79.9. The fourth-order valence-electron chi connectivity index (χ4n) is 4.35. The number of carbonyl (C=O) groups is 1. The van der Waals surface area contributed by atoms with E-state index < -0.39 is 5.54 Å². The van der Waals surface area contributed by atoms with Crippen LogP contribution in [0.25, 0.3) is 6.08 Å². The monoisotopic (exact) mass is 474 g/mol. The minimum absolute atomic E-state index is 0.0332. The predicted octanol–water partition coefficient (Wildman–Crippen LogP) is 5.35. The van der Waals surface area contributed by atoms with Crippen molar-refractivity contribution in [2.24, 2.45) is 5.73 Å². The number of carbonyl (C=O) groups excluding carboxylic acids is 1. The van der Waals surface area contributed by atoms with Crippen LogP contribution >= 0.6 is 31.9 Å². The van der Waals surface area contributed by atoms with Crippen LogP contribution in [0.15, 0.2) is 57.5 Å². The Kier molecular flexibility index (Phi) is 4.48. The van der Waals surface area contributed by atoms with Crippen molar-refractivity contribution in [2.45, 2.75) is 36.6 Å². The summed E-state index contributed by atoms with van der Waals surface area (Å²) in [6, 6.07) is 16.4. The van der Waals surface area contributed by atoms with Crippen LogP contribution in [0.3, 0.4) is 0 Å². The van der Waals surface area contributed by atoms with Crippen molar-refractivity contribution in [1.82, 2.24) is 0 Å². The van der Waals surface area contributed by atoms with Crippen LogP contribution in [-0.4, -0.2) is 11.4 Å². The molecule has 0 saturated heterocycles. The number of hydrogen-bond acceptors (Lipinski definition) is 2. The van der Waals surface area contributed by atoms with Gasteiger partial charge in [0, 0.05) is 20.1 Å². The molecule has 0 radical (unpaired) electrons. The van der Waals surface area contributed by atoms with Crippen LogP contribution in [0.4, 0.5) is 5.69 Å². The van der Waals surface area contributed by atoms with Gasteiger partial charge in [0.2, 0.25) is 5.91 Å². The van der Waals surface area contributed by atoms with Crippen molar-refractivity contribution in [3.8, 4) is 0 Å². The summed E-state index contributed by atoms with van der Waals surface area (Å²) >= 11 is 7.29. The molecule has 0 bridgehead atoms. The molecule has 0 aromatic heterocycles. The zero-order valence-electron chi connectivity index (χ0n) is 14.3. The molecule has 1 fully saturated rings. The molecule has 0 heterocycles. The average Bonchev–Trinajstić information content (AvgIpc) is 2.89. The first-order chi connectivity index (χ1) is 12.5. The Morgan fingerprint density at radius 1 is 1.00 bits per heavy atom. The Hall–Kier alpha value is -1.59. The molecule has 0 aliphatic heterocycles. The summed E-state index contributed by atoms with van der Waals surface area (Å²) in [6.07, 6.45) is 5.38. The van der Waals surface area contributed by atoms with E-state index in [1.54, 1.807) is 0 Å². The summed E-state index contributed by atoms with van der Waals surface area (Å²) in [5.41, 5.74) is 8.66. The number of anilines is 1. The minimum atomic E-state index is -0.711. The van der Waals surface area contributed by atoms with Crippen LogP contribution in [0.2, 0.25) is 0 Å². The lowest BCUT2D eigenvalue weighted by Gasteiger charge is -2.45. The van der Waals surface area contributed by atoms with E-state index in [9.17, 15) is 4.79 Å². The molecule has 1 spiro atoms. The summed E-state index contributed by atoms with van der Waals surface area (Å²) in [5, 5.41) is 3.44. The molecule has 3 nitrogen and oxygen atoms in total. The van der Waals surface area contributed by atoms with Gasteiger partial charge >= 0.3 is 0 Å². The number of allylic oxidation sites excluding steroid dienone is 1. The molecule has 0 atom stereocenters. The summed E-state index contributed by atoms with van der Waals surface area (Å²) < 4.78 is 2.19. The van der Waals surface area contributed by atoms with Crippen molar-refractivity contribution in [1.29, 1.82) is 0 Å². The Balaban J connectivity index is 1.63. The maximum atomic E-state index is 12.4. The molecule has 3 N–H and O–H groups in total. The number of halogens is 2. The molecule has 134 valence electrons. The zero-order chi connectivity index (χ0) is 18.4. The van der Waals surface area contributed by atoms with Crippen molar-refractivity contribution in [3.63, 3.8) is 0 Å². The summed E-state index contributed by atoms with van der Waals surface area (Å²) in [5.74, 6) is -0.279.